The first-order chi connectivity index (χ1) is 12.0. The van der Waals surface area contributed by atoms with Crippen LogP contribution in [0.3, 0.4) is 0 Å². The number of carbonyl (C=O) groups excluding carboxylic acids is 3. The SMILES string of the molecule is CNC(=O)NC(=O)CSc1nnc(CCC(N)=O)n1CC1CCCO1. The Hall–Kier alpha value is -2.14. The van der Waals surface area contributed by atoms with Crippen molar-refractivity contribution in [1.29, 1.82) is 0 Å². The van der Waals surface area contributed by atoms with Crippen molar-refractivity contribution in [2.24, 2.45) is 5.73 Å². The zero-order chi connectivity index (χ0) is 18.2. The Morgan fingerprint density at radius 3 is 2.84 bits per heavy atom. The fourth-order valence-corrected chi connectivity index (χ4v) is 3.14. The lowest BCUT2D eigenvalue weighted by atomic mass is 10.2. The molecule has 0 spiro atoms. The summed E-state index contributed by atoms with van der Waals surface area (Å²) < 4.78 is 7.50. The van der Waals surface area contributed by atoms with E-state index in [1.165, 1.54) is 18.8 Å². The number of urea groups is 1. The van der Waals surface area contributed by atoms with Gasteiger partial charge in [0.25, 0.3) is 0 Å². The number of ether oxygens (including phenoxy) is 1. The van der Waals surface area contributed by atoms with Crippen molar-refractivity contribution in [3.05, 3.63) is 5.82 Å². The normalized spacial score (nSPS) is 16.6. The quantitative estimate of drug-likeness (QED) is 0.520. The monoisotopic (exact) mass is 370 g/mol. The molecule has 11 heteroatoms. The van der Waals surface area contributed by atoms with Gasteiger partial charge in [-0.2, -0.15) is 0 Å². The molecule has 1 fully saturated rings. The molecule has 1 aliphatic rings. The number of aromatic nitrogens is 3. The first-order valence-corrected chi connectivity index (χ1v) is 8.94. The van der Waals surface area contributed by atoms with Crippen LogP contribution in [0.5, 0.6) is 0 Å². The minimum Gasteiger partial charge on any atom is -0.376 e. The highest BCUT2D eigenvalue weighted by Crippen LogP contribution is 2.21. The maximum Gasteiger partial charge on any atom is 0.321 e. The number of hydrogen-bond donors (Lipinski definition) is 3. The highest BCUT2D eigenvalue weighted by molar-refractivity contribution is 7.99. The molecular weight excluding hydrogens is 348 g/mol. The van der Waals surface area contributed by atoms with E-state index in [1.807, 2.05) is 4.57 Å². The minimum absolute atomic E-state index is 0.0207. The van der Waals surface area contributed by atoms with Crippen LogP contribution in [-0.4, -0.2) is 58.1 Å². The Labute approximate surface area is 149 Å². The number of rotatable bonds is 8. The van der Waals surface area contributed by atoms with Crippen molar-refractivity contribution in [2.75, 3.05) is 19.4 Å². The average Bonchev–Trinajstić information content (AvgIpc) is 3.21. The molecule has 1 aromatic heterocycles. The number of thioether (sulfide) groups is 1. The van der Waals surface area contributed by atoms with E-state index in [0.29, 0.717) is 23.9 Å². The molecule has 1 aromatic rings. The molecule has 25 heavy (non-hydrogen) atoms. The van der Waals surface area contributed by atoms with Gasteiger partial charge in [-0.05, 0) is 12.8 Å². The van der Waals surface area contributed by atoms with Crippen molar-refractivity contribution in [3.63, 3.8) is 0 Å². The summed E-state index contributed by atoms with van der Waals surface area (Å²) in [7, 11) is 1.43. The highest BCUT2D eigenvalue weighted by Gasteiger charge is 2.21. The summed E-state index contributed by atoms with van der Waals surface area (Å²) in [5, 5.41) is 13.2. The van der Waals surface area contributed by atoms with Crippen LogP contribution in [0.25, 0.3) is 0 Å². The standard InChI is InChI=1S/C14H22N6O4S/c1-16-13(23)17-12(22)8-25-14-19-18-11(5-4-10(15)21)20(14)7-9-3-2-6-24-9/h9H,2-8H2,1H3,(H2,15,21)(H2,16,17,22,23). The fraction of sp³-hybridized carbons (Fsp3) is 0.643. The lowest BCUT2D eigenvalue weighted by Gasteiger charge is -2.14. The Balaban J connectivity index is 2.03. The summed E-state index contributed by atoms with van der Waals surface area (Å²) in [5.74, 6) is -0.198. The molecule has 2 rings (SSSR count). The molecule has 1 saturated heterocycles. The second kappa shape index (κ2) is 9.37. The zero-order valence-electron chi connectivity index (χ0n) is 14.0. The molecule has 1 atom stereocenters. The Morgan fingerprint density at radius 2 is 2.20 bits per heavy atom. The molecule has 4 amide bonds. The van der Waals surface area contributed by atoms with Gasteiger partial charge in [-0.1, -0.05) is 11.8 Å². The van der Waals surface area contributed by atoms with Gasteiger partial charge in [0.2, 0.25) is 11.8 Å². The molecule has 2 heterocycles. The average molecular weight is 370 g/mol. The summed E-state index contributed by atoms with van der Waals surface area (Å²) in [4.78, 5) is 33.9. The number of nitrogens with two attached hydrogens (primary N) is 1. The van der Waals surface area contributed by atoms with Crippen molar-refractivity contribution in [1.82, 2.24) is 25.4 Å². The Morgan fingerprint density at radius 1 is 1.40 bits per heavy atom. The second-order valence-corrected chi connectivity index (χ2v) is 6.47. The third kappa shape index (κ3) is 6.02. The summed E-state index contributed by atoms with van der Waals surface area (Å²) in [6.45, 7) is 1.28. The Kier molecular flexibility index (Phi) is 7.19. The molecule has 4 N–H and O–H groups in total. The van der Waals surface area contributed by atoms with Crippen LogP contribution >= 0.6 is 11.8 Å². The van der Waals surface area contributed by atoms with Crippen molar-refractivity contribution in [2.45, 2.75) is 43.5 Å². The number of hydrogen-bond acceptors (Lipinski definition) is 7. The van der Waals surface area contributed by atoms with E-state index in [1.54, 1.807) is 0 Å². The number of amides is 4. The fourth-order valence-electron chi connectivity index (χ4n) is 2.38. The van der Waals surface area contributed by atoms with E-state index < -0.39 is 17.8 Å². The highest BCUT2D eigenvalue weighted by atomic mass is 32.2. The van der Waals surface area contributed by atoms with Gasteiger partial charge in [0.15, 0.2) is 5.16 Å². The third-order valence-electron chi connectivity index (χ3n) is 3.61. The number of nitrogens with one attached hydrogen (secondary N) is 2. The second-order valence-electron chi connectivity index (χ2n) is 5.53. The maximum absolute atomic E-state index is 11.7. The van der Waals surface area contributed by atoms with E-state index in [2.05, 4.69) is 20.8 Å². The predicted molar refractivity (Wildman–Crippen MR) is 89.8 cm³/mol. The predicted octanol–water partition coefficient (Wildman–Crippen LogP) is -0.577. The van der Waals surface area contributed by atoms with Crippen molar-refractivity contribution < 1.29 is 19.1 Å². The number of imide groups is 1. The van der Waals surface area contributed by atoms with E-state index in [9.17, 15) is 14.4 Å². The number of nitrogens with zero attached hydrogens (tertiary/aromatic N) is 3. The van der Waals surface area contributed by atoms with Gasteiger partial charge in [-0.3, -0.25) is 14.9 Å². The van der Waals surface area contributed by atoms with Crippen molar-refractivity contribution >= 4 is 29.6 Å². The first-order valence-electron chi connectivity index (χ1n) is 7.96. The van der Waals surface area contributed by atoms with E-state index in [-0.39, 0.29) is 18.3 Å². The van der Waals surface area contributed by atoms with Gasteiger partial charge in [0.05, 0.1) is 18.4 Å². The lowest BCUT2D eigenvalue weighted by Crippen LogP contribution is -2.38. The van der Waals surface area contributed by atoms with Crippen LogP contribution in [0, 0.1) is 0 Å². The van der Waals surface area contributed by atoms with Crippen LogP contribution < -0.4 is 16.4 Å². The Bertz CT molecular complexity index is 629. The molecule has 0 bridgehead atoms. The molecule has 1 unspecified atom stereocenters. The zero-order valence-corrected chi connectivity index (χ0v) is 14.8. The first kappa shape index (κ1) is 19.2. The van der Waals surface area contributed by atoms with Gasteiger partial charge in [-0.25, -0.2) is 4.79 Å². The molecule has 0 radical (unpaired) electrons. The molecule has 10 nitrogen and oxygen atoms in total. The van der Waals surface area contributed by atoms with Gasteiger partial charge >= 0.3 is 6.03 Å². The number of carbonyl (C=O) groups is 3. The summed E-state index contributed by atoms with van der Waals surface area (Å²) >= 11 is 1.17. The van der Waals surface area contributed by atoms with Gasteiger partial charge < -0.3 is 20.4 Å². The van der Waals surface area contributed by atoms with Gasteiger partial charge in [0, 0.05) is 26.5 Å². The van der Waals surface area contributed by atoms with Crippen molar-refractivity contribution in [3.8, 4) is 0 Å². The van der Waals surface area contributed by atoms with Crippen LogP contribution in [0.15, 0.2) is 5.16 Å². The van der Waals surface area contributed by atoms with Crippen LogP contribution in [-0.2, 0) is 27.3 Å². The summed E-state index contributed by atoms with van der Waals surface area (Å²) in [6.07, 6.45) is 2.54. The van der Waals surface area contributed by atoms with Gasteiger partial charge in [0.1, 0.15) is 5.82 Å². The molecule has 0 aliphatic carbocycles. The topological polar surface area (TPSA) is 141 Å². The van der Waals surface area contributed by atoms with Crippen LogP contribution in [0.1, 0.15) is 25.1 Å². The summed E-state index contributed by atoms with van der Waals surface area (Å²) in [6, 6.07) is -0.562. The van der Waals surface area contributed by atoms with E-state index in [0.717, 1.165) is 19.4 Å². The molecule has 0 saturated carbocycles. The largest absolute Gasteiger partial charge is 0.376 e. The summed E-state index contributed by atoms with van der Waals surface area (Å²) in [5.41, 5.74) is 5.20. The third-order valence-corrected chi connectivity index (χ3v) is 4.58. The van der Waals surface area contributed by atoms with E-state index in [4.69, 9.17) is 10.5 Å². The minimum atomic E-state index is -0.562. The molecule has 1 aliphatic heterocycles. The lowest BCUT2D eigenvalue weighted by molar-refractivity contribution is -0.118. The molecular formula is C14H22N6O4S. The van der Waals surface area contributed by atoms with Crippen LogP contribution in [0.4, 0.5) is 4.79 Å². The smallest absolute Gasteiger partial charge is 0.321 e. The van der Waals surface area contributed by atoms with E-state index >= 15 is 0 Å². The van der Waals surface area contributed by atoms with Crippen LogP contribution in [0.2, 0.25) is 0 Å². The molecule has 0 aromatic carbocycles. The maximum atomic E-state index is 11.7. The molecule has 138 valence electrons. The number of primary amides is 1. The number of aryl methyl sites for hydroxylation is 1. The van der Waals surface area contributed by atoms with Gasteiger partial charge in [-0.15, -0.1) is 10.2 Å².